The molecule has 0 aliphatic heterocycles. The lowest BCUT2D eigenvalue weighted by atomic mass is 9.85. The van der Waals surface area contributed by atoms with Crippen molar-refractivity contribution in [2.45, 2.75) is 37.7 Å². The molecule has 0 spiro atoms. The van der Waals surface area contributed by atoms with E-state index in [4.69, 9.17) is 16.3 Å². The standard InChI is InChI=1S/C20H23ClN4O3S/c1-20(2,3)18-16(21)10-11-17(19(18)25-12-14(13-28-4)22-24-25)23-29(26,27)15-8-6-5-7-9-15/h5-12,23H,13H2,1-4H3. The Morgan fingerprint density at radius 2 is 1.83 bits per heavy atom. The summed E-state index contributed by atoms with van der Waals surface area (Å²) in [6, 6.07) is 11.5. The molecule has 2 aromatic carbocycles. The third-order valence-corrected chi connectivity index (χ3v) is 5.93. The second kappa shape index (κ2) is 8.14. The number of rotatable bonds is 6. The van der Waals surface area contributed by atoms with E-state index in [1.807, 2.05) is 20.8 Å². The minimum atomic E-state index is -3.80. The number of hydrogen-bond donors (Lipinski definition) is 1. The lowest BCUT2D eigenvalue weighted by Gasteiger charge is -2.26. The molecule has 29 heavy (non-hydrogen) atoms. The molecule has 0 aliphatic rings. The number of halogens is 1. The molecule has 0 saturated heterocycles. The second-order valence-electron chi connectivity index (χ2n) is 7.57. The van der Waals surface area contributed by atoms with Gasteiger partial charge in [0.1, 0.15) is 5.69 Å². The van der Waals surface area contributed by atoms with Gasteiger partial charge in [0.15, 0.2) is 0 Å². The van der Waals surface area contributed by atoms with Crippen molar-refractivity contribution >= 4 is 27.3 Å². The minimum Gasteiger partial charge on any atom is -0.378 e. The van der Waals surface area contributed by atoms with Crippen LogP contribution in [0.4, 0.5) is 5.69 Å². The van der Waals surface area contributed by atoms with Gasteiger partial charge in [-0.1, -0.05) is 55.8 Å². The summed E-state index contributed by atoms with van der Waals surface area (Å²) in [5.74, 6) is 0. The van der Waals surface area contributed by atoms with Gasteiger partial charge in [0.2, 0.25) is 0 Å². The molecular weight excluding hydrogens is 412 g/mol. The second-order valence-corrected chi connectivity index (χ2v) is 9.66. The van der Waals surface area contributed by atoms with Crippen molar-refractivity contribution in [3.05, 3.63) is 64.9 Å². The molecule has 3 aromatic rings. The number of methoxy groups -OCH3 is 1. The fourth-order valence-electron chi connectivity index (χ4n) is 3.03. The topological polar surface area (TPSA) is 86.1 Å². The number of aromatic nitrogens is 3. The molecular formula is C20H23ClN4O3S. The Balaban J connectivity index is 2.19. The number of nitrogens with zero attached hydrogens (tertiary/aromatic N) is 3. The van der Waals surface area contributed by atoms with Gasteiger partial charge in [0, 0.05) is 17.7 Å². The molecule has 0 unspecified atom stereocenters. The van der Waals surface area contributed by atoms with Crippen molar-refractivity contribution in [2.75, 3.05) is 11.8 Å². The molecule has 0 aliphatic carbocycles. The number of ether oxygens (including phenoxy) is 1. The summed E-state index contributed by atoms with van der Waals surface area (Å²) in [6.45, 7) is 6.29. The molecule has 154 valence electrons. The summed E-state index contributed by atoms with van der Waals surface area (Å²) in [5.41, 5.74) is 1.87. The van der Waals surface area contributed by atoms with Crippen LogP contribution in [0.5, 0.6) is 0 Å². The van der Waals surface area contributed by atoms with Crippen LogP contribution in [-0.2, 0) is 26.8 Å². The molecule has 1 aromatic heterocycles. The zero-order valence-corrected chi connectivity index (χ0v) is 18.3. The summed E-state index contributed by atoms with van der Waals surface area (Å²) < 4.78 is 35.2. The van der Waals surface area contributed by atoms with E-state index in [1.165, 1.54) is 16.8 Å². The Morgan fingerprint density at radius 3 is 2.45 bits per heavy atom. The van der Waals surface area contributed by atoms with Crippen molar-refractivity contribution in [3.63, 3.8) is 0 Å². The smallest absolute Gasteiger partial charge is 0.261 e. The Morgan fingerprint density at radius 1 is 1.14 bits per heavy atom. The molecule has 0 saturated carbocycles. The van der Waals surface area contributed by atoms with E-state index in [0.717, 1.165) is 5.56 Å². The molecule has 0 fully saturated rings. The Bertz CT molecular complexity index is 1110. The van der Waals surface area contributed by atoms with Crippen LogP contribution in [0.25, 0.3) is 5.69 Å². The molecule has 1 N–H and O–H groups in total. The summed E-state index contributed by atoms with van der Waals surface area (Å²) in [4.78, 5) is 0.164. The average Bonchev–Trinajstić information content (AvgIpc) is 3.11. The highest BCUT2D eigenvalue weighted by molar-refractivity contribution is 7.92. The largest absolute Gasteiger partial charge is 0.378 e. The van der Waals surface area contributed by atoms with Gasteiger partial charge in [-0.2, -0.15) is 0 Å². The maximum absolute atomic E-state index is 12.9. The third-order valence-electron chi connectivity index (χ3n) is 4.24. The van der Waals surface area contributed by atoms with Crippen LogP contribution in [0.15, 0.2) is 53.6 Å². The van der Waals surface area contributed by atoms with Crippen molar-refractivity contribution < 1.29 is 13.2 Å². The Kier molecular flexibility index (Phi) is 5.97. The summed E-state index contributed by atoms with van der Waals surface area (Å²) in [5, 5.41) is 8.79. The number of sulfonamides is 1. The van der Waals surface area contributed by atoms with Crippen molar-refractivity contribution in [3.8, 4) is 5.69 Å². The molecule has 7 nitrogen and oxygen atoms in total. The summed E-state index contributed by atoms with van der Waals surface area (Å²) >= 11 is 6.53. The van der Waals surface area contributed by atoms with Gasteiger partial charge < -0.3 is 4.74 Å². The van der Waals surface area contributed by atoms with Crippen LogP contribution < -0.4 is 4.72 Å². The van der Waals surface area contributed by atoms with E-state index < -0.39 is 10.0 Å². The Hall–Kier alpha value is -2.42. The number of benzene rings is 2. The van der Waals surface area contributed by atoms with Gasteiger partial charge in [0.25, 0.3) is 10.0 Å². The SMILES string of the molecule is COCc1cn(-c2c(NS(=O)(=O)c3ccccc3)ccc(Cl)c2C(C)(C)C)nn1. The average molecular weight is 435 g/mol. The van der Waals surface area contributed by atoms with E-state index in [9.17, 15) is 8.42 Å². The lowest BCUT2D eigenvalue weighted by molar-refractivity contribution is 0.181. The van der Waals surface area contributed by atoms with Gasteiger partial charge in [0.05, 0.1) is 29.1 Å². The molecule has 0 amide bonds. The zero-order valence-electron chi connectivity index (χ0n) is 16.7. The van der Waals surface area contributed by atoms with Crippen molar-refractivity contribution in [2.24, 2.45) is 0 Å². The molecule has 0 bridgehead atoms. The van der Waals surface area contributed by atoms with Crippen LogP contribution in [-0.4, -0.2) is 30.5 Å². The van der Waals surface area contributed by atoms with E-state index >= 15 is 0 Å². The molecule has 3 rings (SSSR count). The maximum atomic E-state index is 12.9. The number of anilines is 1. The maximum Gasteiger partial charge on any atom is 0.261 e. The van der Waals surface area contributed by atoms with E-state index in [2.05, 4.69) is 15.0 Å². The normalized spacial score (nSPS) is 12.2. The quantitative estimate of drug-likeness (QED) is 0.629. The molecule has 0 atom stereocenters. The first kappa shape index (κ1) is 21.3. The Labute approximate surface area is 175 Å². The summed E-state index contributed by atoms with van der Waals surface area (Å²) in [6.07, 6.45) is 1.70. The highest BCUT2D eigenvalue weighted by Crippen LogP contribution is 2.39. The van der Waals surface area contributed by atoms with Crippen LogP contribution in [0.2, 0.25) is 5.02 Å². The fraction of sp³-hybridized carbons (Fsp3) is 0.300. The zero-order chi connectivity index (χ0) is 21.2. The van der Waals surface area contributed by atoms with E-state index in [0.29, 0.717) is 22.1 Å². The summed E-state index contributed by atoms with van der Waals surface area (Å²) in [7, 11) is -2.23. The lowest BCUT2D eigenvalue weighted by Crippen LogP contribution is -2.20. The minimum absolute atomic E-state index is 0.164. The first-order valence-corrected chi connectivity index (χ1v) is 10.8. The van der Waals surface area contributed by atoms with Crippen molar-refractivity contribution in [1.82, 2.24) is 15.0 Å². The van der Waals surface area contributed by atoms with Crippen LogP contribution in [0.1, 0.15) is 32.0 Å². The fourth-order valence-corrected chi connectivity index (χ4v) is 4.55. The van der Waals surface area contributed by atoms with Crippen LogP contribution in [0.3, 0.4) is 0 Å². The van der Waals surface area contributed by atoms with Crippen LogP contribution in [0, 0.1) is 0 Å². The number of hydrogen-bond acceptors (Lipinski definition) is 5. The highest BCUT2D eigenvalue weighted by atomic mass is 35.5. The van der Waals surface area contributed by atoms with Crippen molar-refractivity contribution in [1.29, 1.82) is 0 Å². The molecule has 1 heterocycles. The monoisotopic (exact) mass is 434 g/mol. The van der Waals surface area contributed by atoms with Gasteiger partial charge in [-0.25, -0.2) is 13.1 Å². The first-order valence-electron chi connectivity index (χ1n) is 8.95. The highest BCUT2D eigenvalue weighted by Gasteiger charge is 2.27. The van der Waals surface area contributed by atoms with E-state index in [1.54, 1.807) is 43.6 Å². The molecule has 0 radical (unpaired) electrons. The predicted molar refractivity (Wildman–Crippen MR) is 113 cm³/mol. The van der Waals surface area contributed by atoms with Gasteiger partial charge in [-0.3, -0.25) is 4.72 Å². The first-order chi connectivity index (χ1) is 13.6. The molecule has 9 heteroatoms. The van der Waals surface area contributed by atoms with Crippen LogP contribution >= 0.6 is 11.6 Å². The van der Waals surface area contributed by atoms with Gasteiger partial charge in [-0.15, -0.1) is 5.10 Å². The van der Waals surface area contributed by atoms with E-state index in [-0.39, 0.29) is 16.9 Å². The predicted octanol–water partition coefficient (Wildman–Crippen LogP) is 4.17. The third kappa shape index (κ3) is 4.60. The number of nitrogens with one attached hydrogen (secondary N) is 1. The van der Waals surface area contributed by atoms with Gasteiger partial charge >= 0.3 is 0 Å². The van der Waals surface area contributed by atoms with Gasteiger partial charge in [-0.05, 0) is 29.7 Å².